The highest BCUT2D eigenvalue weighted by molar-refractivity contribution is 7.92. The van der Waals surface area contributed by atoms with Gasteiger partial charge in [0.1, 0.15) is 11.3 Å². The van der Waals surface area contributed by atoms with Crippen LogP contribution in [0.25, 0.3) is 22.3 Å². The Morgan fingerprint density at radius 1 is 1.11 bits per heavy atom. The van der Waals surface area contributed by atoms with E-state index in [0.29, 0.717) is 22.3 Å². The van der Waals surface area contributed by atoms with Crippen molar-refractivity contribution in [1.29, 1.82) is 0 Å². The normalized spacial score (nSPS) is 11.6. The Kier molecular flexibility index (Phi) is 4.40. The number of nitrogen functional groups attached to an aromatic ring is 1. The molecule has 0 saturated carbocycles. The molecule has 28 heavy (non-hydrogen) atoms. The third-order valence-electron chi connectivity index (χ3n) is 4.04. The summed E-state index contributed by atoms with van der Waals surface area (Å²) in [6.07, 6.45) is 0. The molecule has 0 saturated heterocycles. The Morgan fingerprint density at radius 2 is 1.93 bits per heavy atom. The molecule has 2 aromatic carbocycles. The Bertz CT molecular complexity index is 1310. The van der Waals surface area contributed by atoms with E-state index in [1.807, 2.05) is 0 Å². The van der Waals surface area contributed by atoms with Gasteiger partial charge in [-0.1, -0.05) is 17.7 Å². The Balaban J connectivity index is 1.69. The molecule has 10 heteroatoms. The first-order valence-electron chi connectivity index (χ1n) is 8.02. The number of benzene rings is 2. The van der Waals surface area contributed by atoms with Gasteiger partial charge >= 0.3 is 0 Å². The number of anilines is 2. The third-order valence-corrected chi connectivity index (χ3v) is 5.73. The lowest BCUT2D eigenvalue weighted by Gasteiger charge is -2.10. The van der Waals surface area contributed by atoms with Gasteiger partial charge in [0.05, 0.1) is 26.8 Å². The van der Waals surface area contributed by atoms with Gasteiger partial charge in [0.15, 0.2) is 5.82 Å². The number of pyridine rings is 1. The van der Waals surface area contributed by atoms with Gasteiger partial charge in [-0.2, -0.15) is 5.10 Å². The number of fused-ring (bicyclic) bond motifs is 1. The molecular formula is C18H13ClFN5O2S. The molecule has 4 rings (SSSR count). The molecule has 2 aromatic heterocycles. The van der Waals surface area contributed by atoms with Gasteiger partial charge in [-0.3, -0.25) is 9.82 Å². The monoisotopic (exact) mass is 417 g/mol. The van der Waals surface area contributed by atoms with Crippen molar-refractivity contribution < 1.29 is 12.8 Å². The molecule has 0 fully saturated rings. The van der Waals surface area contributed by atoms with Crippen LogP contribution in [0.15, 0.2) is 59.5 Å². The van der Waals surface area contributed by atoms with Crippen molar-refractivity contribution in [2.24, 2.45) is 0 Å². The fourth-order valence-electron chi connectivity index (χ4n) is 2.70. The lowest BCUT2D eigenvalue weighted by Crippen LogP contribution is -2.13. The van der Waals surface area contributed by atoms with Crippen LogP contribution in [-0.4, -0.2) is 23.6 Å². The number of nitrogens with one attached hydrogen (secondary N) is 2. The number of nitrogens with two attached hydrogens (primary N) is 1. The number of H-pyrrole nitrogens is 1. The minimum atomic E-state index is -3.94. The maximum atomic E-state index is 13.3. The molecule has 0 atom stereocenters. The topological polar surface area (TPSA) is 114 Å². The molecular weight excluding hydrogens is 405 g/mol. The van der Waals surface area contributed by atoms with Gasteiger partial charge in [-0.05, 0) is 48.5 Å². The average Bonchev–Trinajstić information content (AvgIpc) is 3.02. The van der Waals surface area contributed by atoms with E-state index in [-0.39, 0.29) is 21.4 Å². The van der Waals surface area contributed by atoms with Gasteiger partial charge < -0.3 is 5.73 Å². The SMILES string of the molecule is Nc1n[nH]c2ccc(-c3ccc(S(=O)(=O)Nc4cccc(F)c4)cc3Cl)nc12. The lowest BCUT2D eigenvalue weighted by atomic mass is 10.1. The van der Waals surface area contributed by atoms with Crippen molar-refractivity contribution in [2.75, 3.05) is 10.5 Å². The standard InChI is InChI=1S/C18H13ClFN5O2S/c19-14-9-12(28(26,27)25-11-3-1-2-10(20)8-11)4-5-13(14)15-6-7-16-17(22-15)18(21)24-23-16/h1-9,25H,(H3,21,23,24). The molecule has 0 aliphatic rings. The Labute approximate surface area is 164 Å². The zero-order valence-corrected chi connectivity index (χ0v) is 15.7. The zero-order valence-electron chi connectivity index (χ0n) is 14.1. The number of nitrogens with zero attached hydrogens (tertiary/aromatic N) is 2. The van der Waals surface area contributed by atoms with E-state index in [4.69, 9.17) is 17.3 Å². The predicted molar refractivity (Wildman–Crippen MR) is 106 cm³/mol. The fraction of sp³-hybridized carbons (Fsp3) is 0. The van der Waals surface area contributed by atoms with Crippen molar-refractivity contribution in [1.82, 2.24) is 15.2 Å². The van der Waals surface area contributed by atoms with Gasteiger partial charge in [-0.15, -0.1) is 0 Å². The van der Waals surface area contributed by atoms with E-state index in [0.717, 1.165) is 6.07 Å². The van der Waals surface area contributed by atoms with Gasteiger partial charge in [-0.25, -0.2) is 17.8 Å². The van der Waals surface area contributed by atoms with Gasteiger partial charge in [0.2, 0.25) is 0 Å². The molecule has 7 nitrogen and oxygen atoms in total. The minimum absolute atomic E-state index is 0.0607. The largest absolute Gasteiger partial charge is 0.380 e. The lowest BCUT2D eigenvalue weighted by molar-refractivity contribution is 0.601. The van der Waals surface area contributed by atoms with Crippen molar-refractivity contribution in [3.8, 4) is 11.3 Å². The molecule has 0 aliphatic heterocycles. The van der Waals surface area contributed by atoms with Crippen LogP contribution in [0.3, 0.4) is 0 Å². The van der Waals surface area contributed by atoms with E-state index in [9.17, 15) is 12.8 Å². The minimum Gasteiger partial charge on any atom is -0.380 e. The summed E-state index contributed by atoms with van der Waals surface area (Å²) in [5, 5.41) is 6.83. The van der Waals surface area contributed by atoms with Gasteiger partial charge in [0.25, 0.3) is 10.0 Å². The summed E-state index contributed by atoms with van der Waals surface area (Å²) in [6.45, 7) is 0. The maximum Gasteiger partial charge on any atom is 0.261 e. The summed E-state index contributed by atoms with van der Waals surface area (Å²) < 4.78 is 40.7. The van der Waals surface area contributed by atoms with Crippen LogP contribution in [0, 0.1) is 5.82 Å². The first kappa shape index (κ1) is 18.2. The highest BCUT2D eigenvalue weighted by Crippen LogP contribution is 2.31. The van der Waals surface area contributed by atoms with Crippen molar-refractivity contribution >= 4 is 44.2 Å². The molecule has 0 unspecified atom stereocenters. The first-order chi connectivity index (χ1) is 13.3. The number of rotatable bonds is 4. The summed E-state index contributed by atoms with van der Waals surface area (Å²) in [6, 6.07) is 12.9. The maximum absolute atomic E-state index is 13.3. The second-order valence-electron chi connectivity index (χ2n) is 5.96. The van der Waals surface area contributed by atoms with Crippen molar-refractivity contribution in [3.05, 3.63) is 65.4 Å². The summed E-state index contributed by atoms with van der Waals surface area (Å²) in [7, 11) is -3.94. The van der Waals surface area contributed by atoms with Crippen LogP contribution in [-0.2, 0) is 10.0 Å². The second kappa shape index (κ2) is 6.77. The number of halogens is 2. The van der Waals surface area contributed by atoms with E-state index >= 15 is 0 Å². The van der Waals surface area contributed by atoms with E-state index in [1.165, 1.54) is 30.3 Å². The summed E-state index contributed by atoms with van der Waals surface area (Å²) in [5.74, 6) is -0.292. The molecule has 0 bridgehead atoms. The van der Waals surface area contributed by atoms with Crippen LogP contribution in [0.4, 0.5) is 15.9 Å². The van der Waals surface area contributed by atoms with Crippen LogP contribution >= 0.6 is 11.6 Å². The molecule has 142 valence electrons. The summed E-state index contributed by atoms with van der Waals surface area (Å²) >= 11 is 6.32. The van der Waals surface area contributed by atoms with Crippen LogP contribution < -0.4 is 10.5 Å². The number of sulfonamides is 1. The molecule has 4 N–H and O–H groups in total. The molecule has 4 aromatic rings. The quantitative estimate of drug-likeness (QED) is 0.467. The van der Waals surface area contributed by atoms with E-state index in [1.54, 1.807) is 18.2 Å². The summed E-state index contributed by atoms with van der Waals surface area (Å²) in [4.78, 5) is 4.36. The average molecular weight is 418 g/mol. The zero-order chi connectivity index (χ0) is 19.9. The molecule has 0 radical (unpaired) electrons. The smallest absolute Gasteiger partial charge is 0.261 e. The summed E-state index contributed by atoms with van der Waals surface area (Å²) in [5.41, 5.74) is 8.12. The molecule has 0 amide bonds. The third kappa shape index (κ3) is 3.37. The molecule has 2 heterocycles. The molecule has 0 aliphatic carbocycles. The predicted octanol–water partition coefficient (Wildman–Crippen LogP) is 3.80. The van der Waals surface area contributed by atoms with Crippen molar-refractivity contribution in [2.45, 2.75) is 4.90 Å². The fourth-order valence-corrected chi connectivity index (χ4v) is 4.12. The van der Waals surface area contributed by atoms with Crippen molar-refractivity contribution in [3.63, 3.8) is 0 Å². The molecule has 0 spiro atoms. The number of hydrogen-bond donors (Lipinski definition) is 3. The highest BCUT2D eigenvalue weighted by Gasteiger charge is 2.17. The Morgan fingerprint density at radius 3 is 2.68 bits per heavy atom. The van der Waals surface area contributed by atoms with Gasteiger partial charge in [0, 0.05) is 5.56 Å². The van der Waals surface area contributed by atoms with Crippen LogP contribution in [0.1, 0.15) is 0 Å². The van der Waals surface area contributed by atoms with Crippen LogP contribution in [0.2, 0.25) is 5.02 Å². The first-order valence-corrected chi connectivity index (χ1v) is 9.88. The van der Waals surface area contributed by atoms with E-state index in [2.05, 4.69) is 19.9 Å². The van der Waals surface area contributed by atoms with E-state index < -0.39 is 15.8 Å². The van der Waals surface area contributed by atoms with Crippen LogP contribution in [0.5, 0.6) is 0 Å². The number of aromatic nitrogens is 3. The highest BCUT2D eigenvalue weighted by atomic mass is 35.5. The second-order valence-corrected chi connectivity index (χ2v) is 8.05. The number of aromatic amines is 1. The Hall–Kier alpha value is -3.17. The number of hydrogen-bond acceptors (Lipinski definition) is 5.